The van der Waals surface area contributed by atoms with Gasteiger partial charge in [-0.15, -0.1) is 0 Å². The molecule has 3 aromatic heterocycles. The molecule has 4 rings (SSSR count). The molecule has 6 heteroatoms. The molecule has 6 nitrogen and oxygen atoms in total. The fraction of sp³-hybridized carbons (Fsp3) is 0.391. The Hall–Kier alpha value is -3.02. The topological polar surface area (TPSA) is 76.9 Å². The van der Waals surface area contributed by atoms with Gasteiger partial charge >= 0.3 is 0 Å². The summed E-state index contributed by atoms with van der Waals surface area (Å²) < 4.78 is 1.61. The van der Waals surface area contributed by atoms with E-state index in [0.29, 0.717) is 11.4 Å². The average Bonchev–Trinajstić information content (AvgIpc) is 3.55. The lowest BCUT2D eigenvalue weighted by atomic mass is 10.0. The summed E-state index contributed by atoms with van der Waals surface area (Å²) in [4.78, 5) is 34.0. The molecule has 1 aliphatic carbocycles. The first-order chi connectivity index (χ1) is 14.0. The summed E-state index contributed by atoms with van der Waals surface area (Å²) in [6.07, 6.45) is 8.57. The Bertz CT molecular complexity index is 1150. The number of amides is 1. The highest BCUT2D eigenvalue weighted by atomic mass is 16.2. The Morgan fingerprint density at radius 2 is 1.97 bits per heavy atom. The number of unbranched alkanes of at least 4 members (excludes halogenated alkanes) is 1. The average molecular weight is 390 g/mol. The largest absolute Gasteiger partial charge is 0.311 e. The van der Waals surface area contributed by atoms with Gasteiger partial charge in [0.1, 0.15) is 5.82 Å². The summed E-state index contributed by atoms with van der Waals surface area (Å²) in [6.45, 7) is 4.18. The molecule has 0 aliphatic heterocycles. The molecule has 1 aliphatic rings. The third-order valence-corrected chi connectivity index (χ3v) is 5.55. The molecule has 0 radical (unpaired) electrons. The van der Waals surface area contributed by atoms with Gasteiger partial charge < -0.3 is 9.88 Å². The van der Waals surface area contributed by atoms with Gasteiger partial charge in [0.25, 0.3) is 5.56 Å². The monoisotopic (exact) mass is 390 g/mol. The molecule has 1 amide bonds. The summed E-state index contributed by atoms with van der Waals surface area (Å²) in [6, 6.07) is 5.70. The van der Waals surface area contributed by atoms with Crippen molar-refractivity contribution in [1.29, 1.82) is 0 Å². The lowest BCUT2D eigenvalue weighted by Crippen LogP contribution is -2.20. The summed E-state index contributed by atoms with van der Waals surface area (Å²) in [7, 11) is 1.75. The number of hydrogen-bond donors (Lipinski definition) is 1. The number of carbonyl (C=O) groups is 1. The Morgan fingerprint density at radius 3 is 2.66 bits per heavy atom. The first-order valence-electron chi connectivity index (χ1n) is 10.2. The number of nitrogens with one attached hydrogen (secondary N) is 1. The first kappa shape index (κ1) is 19.3. The number of carbonyl (C=O) groups excluding carboxylic acids is 1. The minimum Gasteiger partial charge on any atom is -0.311 e. The summed E-state index contributed by atoms with van der Waals surface area (Å²) in [5.41, 5.74) is 4.22. The van der Waals surface area contributed by atoms with Crippen molar-refractivity contribution in [2.45, 2.75) is 46.0 Å². The normalized spacial score (nSPS) is 13.6. The number of aromatic nitrogens is 3. The van der Waals surface area contributed by atoms with Crippen molar-refractivity contribution in [3.63, 3.8) is 0 Å². The van der Waals surface area contributed by atoms with Crippen LogP contribution in [0, 0.1) is 12.8 Å². The maximum atomic E-state index is 13.1. The minimum atomic E-state index is -0.0885. The van der Waals surface area contributed by atoms with E-state index in [0.717, 1.165) is 59.8 Å². The highest BCUT2D eigenvalue weighted by Crippen LogP contribution is 2.30. The zero-order chi connectivity index (χ0) is 20.5. The molecule has 3 aromatic rings. The predicted octanol–water partition coefficient (Wildman–Crippen LogP) is 4.00. The molecular weight excluding hydrogens is 364 g/mol. The fourth-order valence-electron chi connectivity index (χ4n) is 3.59. The van der Waals surface area contributed by atoms with Crippen LogP contribution in [0.2, 0.25) is 0 Å². The fourth-order valence-corrected chi connectivity index (χ4v) is 3.59. The van der Waals surface area contributed by atoms with Gasteiger partial charge in [-0.3, -0.25) is 14.6 Å². The van der Waals surface area contributed by atoms with E-state index in [4.69, 9.17) is 0 Å². The summed E-state index contributed by atoms with van der Waals surface area (Å²) in [5, 5.41) is 3.69. The molecule has 29 heavy (non-hydrogen) atoms. The maximum Gasteiger partial charge on any atom is 0.258 e. The number of anilines is 1. The van der Waals surface area contributed by atoms with Crippen molar-refractivity contribution >= 4 is 22.6 Å². The molecule has 0 aromatic carbocycles. The van der Waals surface area contributed by atoms with E-state index in [1.54, 1.807) is 30.1 Å². The third-order valence-electron chi connectivity index (χ3n) is 5.55. The number of fused-ring (bicyclic) bond motifs is 1. The quantitative estimate of drug-likeness (QED) is 0.690. The molecule has 3 heterocycles. The van der Waals surface area contributed by atoms with Gasteiger partial charge in [0.2, 0.25) is 5.91 Å². The number of rotatable bonds is 6. The van der Waals surface area contributed by atoms with Crippen molar-refractivity contribution in [3.8, 4) is 11.1 Å². The van der Waals surface area contributed by atoms with Gasteiger partial charge in [0.05, 0.1) is 5.52 Å². The van der Waals surface area contributed by atoms with Gasteiger partial charge in [0, 0.05) is 53.6 Å². The third kappa shape index (κ3) is 3.92. The number of aryl methyl sites for hydroxylation is 3. The van der Waals surface area contributed by atoms with Crippen LogP contribution in [0.25, 0.3) is 22.0 Å². The molecule has 0 atom stereocenters. The van der Waals surface area contributed by atoms with Crippen molar-refractivity contribution in [2.24, 2.45) is 13.0 Å². The minimum absolute atomic E-state index is 0.00309. The Morgan fingerprint density at radius 1 is 1.17 bits per heavy atom. The lowest BCUT2D eigenvalue weighted by molar-refractivity contribution is -0.117. The van der Waals surface area contributed by atoms with Gasteiger partial charge in [-0.1, -0.05) is 13.3 Å². The summed E-state index contributed by atoms with van der Waals surface area (Å²) in [5.74, 6) is 0.591. The Balaban J connectivity index is 1.71. The second kappa shape index (κ2) is 7.78. The molecule has 1 fully saturated rings. The van der Waals surface area contributed by atoms with E-state index in [1.807, 2.05) is 13.0 Å². The van der Waals surface area contributed by atoms with E-state index < -0.39 is 0 Å². The zero-order valence-corrected chi connectivity index (χ0v) is 17.2. The van der Waals surface area contributed by atoms with Gasteiger partial charge in [-0.05, 0) is 50.3 Å². The van der Waals surface area contributed by atoms with Crippen LogP contribution in [0.1, 0.15) is 43.9 Å². The Kier molecular flexibility index (Phi) is 5.18. The van der Waals surface area contributed by atoms with Crippen LogP contribution in [0.4, 0.5) is 5.82 Å². The molecule has 1 N–H and O–H groups in total. The lowest BCUT2D eigenvalue weighted by Gasteiger charge is -2.12. The van der Waals surface area contributed by atoms with Crippen LogP contribution in [0.15, 0.2) is 35.4 Å². The van der Waals surface area contributed by atoms with E-state index in [-0.39, 0.29) is 17.4 Å². The number of nitrogens with zero attached hydrogens (tertiary/aromatic N) is 3. The molecule has 0 unspecified atom stereocenters. The van der Waals surface area contributed by atoms with Gasteiger partial charge in [0.15, 0.2) is 0 Å². The molecular formula is C23H26N4O2. The molecule has 0 spiro atoms. The molecule has 150 valence electrons. The highest BCUT2D eigenvalue weighted by molar-refractivity contribution is 5.95. The van der Waals surface area contributed by atoms with Crippen molar-refractivity contribution < 1.29 is 4.79 Å². The van der Waals surface area contributed by atoms with Gasteiger partial charge in [-0.2, -0.15) is 0 Å². The van der Waals surface area contributed by atoms with Crippen molar-refractivity contribution in [1.82, 2.24) is 14.5 Å². The number of hydrogen-bond acceptors (Lipinski definition) is 4. The van der Waals surface area contributed by atoms with Crippen molar-refractivity contribution in [3.05, 3.63) is 52.2 Å². The second-order valence-corrected chi connectivity index (χ2v) is 7.91. The smallest absolute Gasteiger partial charge is 0.258 e. The molecule has 0 saturated heterocycles. The van der Waals surface area contributed by atoms with Crippen molar-refractivity contribution in [2.75, 3.05) is 5.32 Å². The standard InChI is InChI=1S/C23H26N4O2/c1-4-5-6-17-9-14(2)19(13-24-17)18-10-16-12-25-21(26-22(28)15-7-8-15)11-20(16)27(3)23(18)29/h9-13,15H,4-8H2,1-3H3,(H,25,26,28). The van der Waals surface area contributed by atoms with Crippen LogP contribution in [0.3, 0.4) is 0 Å². The van der Waals surface area contributed by atoms with E-state index >= 15 is 0 Å². The highest BCUT2D eigenvalue weighted by Gasteiger charge is 2.29. The van der Waals surface area contributed by atoms with Crippen LogP contribution in [-0.2, 0) is 18.3 Å². The Labute approximate surface area is 170 Å². The molecule has 1 saturated carbocycles. The van der Waals surface area contributed by atoms with Crippen LogP contribution in [0.5, 0.6) is 0 Å². The zero-order valence-electron chi connectivity index (χ0n) is 17.2. The van der Waals surface area contributed by atoms with Crippen LogP contribution in [-0.4, -0.2) is 20.4 Å². The second-order valence-electron chi connectivity index (χ2n) is 7.91. The number of pyridine rings is 3. The van der Waals surface area contributed by atoms with E-state index in [1.165, 1.54) is 0 Å². The van der Waals surface area contributed by atoms with Gasteiger partial charge in [-0.25, -0.2) is 4.98 Å². The van der Waals surface area contributed by atoms with E-state index in [2.05, 4.69) is 28.3 Å². The SMILES string of the molecule is CCCCc1cc(C)c(-c2cc3cnc(NC(=O)C4CC4)cc3n(C)c2=O)cn1. The van der Waals surface area contributed by atoms with Crippen LogP contribution < -0.4 is 10.9 Å². The van der Waals surface area contributed by atoms with Crippen LogP contribution >= 0.6 is 0 Å². The molecule has 0 bridgehead atoms. The predicted molar refractivity (Wildman–Crippen MR) is 115 cm³/mol. The summed E-state index contributed by atoms with van der Waals surface area (Å²) >= 11 is 0. The first-order valence-corrected chi connectivity index (χ1v) is 10.2. The maximum absolute atomic E-state index is 13.1. The van der Waals surface area contributed by atoms with E-state index in [9.17, 15) is 9.59 Å².